The van der Waals surface area contributed by atoms with Crippen LogP contribution in [0.4, 0.5) is 0 Å². The van der Waals surface area contributed by atoms with Gasteiger partial charge in [0.1, 0.15) is 0 Å². The number of aliphatic hydroxyl groups is 1. The van der Waals surface area contributed by atoms with Gasteiger partial charge in [-0.15, -0.1) is 0 Å². The lowest BCUT2D eigenvalue weighted by Crippen LogP contribution is -2.39. The van der Waals surface area contributed by atoms with Crippen LogP contribution in [0.25, 0.3) is 0 Å². The normalized spacial score (nSPS) is 24.8. The summed E-state index contributed by atoms with van der Waals surface area (Å²) >= 11 is 0. The fraction of sp³-hybridized carbons (Fsp3) is 1.00. The molecule has 1 N–H and O–H groups in total. The van der Waals surface area contributed by atoms with Crippen LogP contribution in [0.3, 0.4) is 0 Å². The highest BCUT2D eigenvalue weighted by atomic mass is 16.6. The summed E-state index contributed by atoms with van der Waals surface area (Å²) in [7, 11) is 1.97. The molecule has 0 aromatic carbocycles. The Balaban J connectivity index is 2.11. The second-order valence-corrected chi connectivity index (χ2v) is 3.05. The van der Waals surface area contributed by atoms with Crippen molar-refractivity contribution in [2.45, 2.75) is 6.10 Å². The van der Waals surface area contributed by atoms with Crippen molar-refractivity contribution in [1.82, 2.24) is 4.90 Å². The number of nitrogens with zero attached hydrogens (tertiary/aromatic N) is 1. The molecule has 0 saturated carbocycles. The van der Waals surface area contributed by atoms with Crippen LogP contribution >= 0.6 is 0 Å². The van der Waals surface area contributed by atoms with Gasteiger partial charge in [-0.3, -0.25) is 0 Å². The van der Waals surface area contributed by atoms with Gasteiger partial charge in [0, 0.05) is 13.1 Å². The minimum Gasteiger partial charge on any atom is -0.395 e. The van der Waals surface area contributed by atoms with E-state index in [2.05, 4.69) is 0 Å². The average molecular weight is 175 g/mol. The van der Waals surface area contributed by atoms with Crippen molar-refractivity contribution in [1.29, 1.82) is 0 Å². The van der Waals surface area contributed by atoms with Crippen molar-refractivity contribution in [3.05, 3.63) is 0 Å². The second-order valence-electron chi connectivity index (χ2n) is 3.05. The lowest BCUT2D eigenvalue weighted by atomic mass is 10.3. The average Bonchev–Trinajstić information content (AvgIpc) is 2.06. The van der Waals surface area contributed by atoms with Crippen LogP contribution in [0.2, 0.25) is 0 Å². The predicted molar refractivity (Wildman–Crippen MR) is 45.1 cm³/mol. The first-order chi connectivity index (χ1) is 5.83. The Labute approximate surface area is 73.1 Å². The summed E-state index contributed by atoms with van der Waals surface area (Å²) in [4.78, 5) is 2.04. The minimum absolute atomic E-state index is 0.176. The Morgan fingerprint density at radius 3 is 2.92 bits per heavy atom. The van der Waals surface area contributed by atoms with Crippen molar-refractivity contribution in [2.24, 2.45) is 0 Å². The Morgan fingerprint density at radius 2 is 2.33 bits per heavy atom. The van der Waals surface area contributed by atoms with Gasteiger partial charge in [0.05, 0.1) is 32.5 Å². The third-order valence-electron chi connectivity index (χ3n) is 1.88. The van der Waals surface area contributed by atoms with Crippen molar-refractivity contribution in [3.8, 4) is 0 Å². The third kappa shape index (κ3) is 3.49. The van der Waals surface area contributed by atoms with E-state index in [4.69, 9.17) is 14.6 Å². The van der Waals surface area contributed by atoms with E-state index in [-0.39, 0.29) is 12.7 Å². The highest BCUT2D eigenvalue weighted by Gasteiger charge is 2.15. The highest BCUT2D eigenvalue weighted by molar-refractivity contribution is 4.65. The minimum atomic E-state index is 0.176. The van der Waals surface area contributed by atoms with Crippen LogP contribution in [0.5, 0.6) is 0 Å². The fourth-order valence-corrected chi connectivity index (χ4v) is 1.25. The molecule has 4 nitrogen and oxygen atoms in total. The zero-order valence-electron chi connectivity index (χ0n) is 7.53. The van der Waals surface area contributed by atoms with E-state index in [9.17, 15) is 0 Å². The van der Waals surface area contributed by atoms with Crippen LogP contribution in [0.15, 0.2) is 0 Å². The Kier molecular flexibility index (Phi) is 4.53. The van der Waals surface area contributed by atoms with Gasteiger partial charge in [0.2, 0.25) is 0 Å². The van der Waals surface area contributed by atoms with Gasteiger partial charge in [0.15, 0.2) is 0 Å². The van der Waals surface area contributed by atoms with Crippen molar-refractivity contribution < 1.29 is 14.6 Å². The van der Waals surface area contributed by atoms with E-state index < -0.39 is 0 Å². The number of hydrogen-bond acceptors (Lipinski definition) is 4. The second kappa shape index (κ2) is 5.48. The Morgan fingerprint density at radius 1 is 1.50 bits per heavy atom. The summed E-state index contributed by atoms with van der Waals surface area (Å²) in [5.74, 6) is 0. The van der Waals surface area contributed by atoms with Crippen LogP contribution in [-0.4, -0.2) is 62.7 Å². The molecular weight excluding hydrogens is 158 g/mol. The van der Waals surface area contributed by atoms with E-state index in [1.807, 2.05) is 11.9 Å². The molecule has 0 spiro atoms. The molecule has 72 valence electrons. The SMILES string of the molecule is CN(CCO)CC1COCCO1. The zero-order chi connectivity index (χ0) is 8.81. The monoisotopic (exact) mass is 175 g/mol. The molecule has 0 aromatic rings. The standard InChI is InChI=1S/C8H17NO3/c1-9(2-3-10)6-8-7-11-4-5-12-8/h8,10H,2-7H2,1H3. The quantitative estimate of drug-likeness (QED) is 0.615. The topological polar surface area (TPSA) is 41.9 Å². The number of likely N-dealkylation sites (N-methyl/N-ethyl adjacent to an activating group) is 1. The predicted octanol–water partition coefficient (Wildman–Crippen LogP) is -0.674. The number of ether oxygens (including phenoxy) is 2. The summed E-state index contributed by atoms with van der Waals surface area (Å²) in [5, 5.41) is 8.65. The summed E-state index contributed by atoms with van der Waals surface area (Å²) in [5.41, 5.74) is 0. The molecule has 0 bridgehead atoms. The summed E-state index contributed by atoms with van der Waals surface area (Å²) in [6.07, 6.45) is 0.176. The summed E-state index contributed by atoms with van der Waals surface area (Å²) < 4.78 is 10.7. The summed E-state index contributed by atoms with van der Waals surface area (Å²) in [6, 6.07) is 0. The lowest BCUT2D eigenvalue weighted by molar-refractivity contribution is -0.0962. The Hall–Kier alpha value is -0.160. The molecular formula is C8H17NO3. The smallest absolute Gasteiger partial charge is 0.0936 e. The molecule has 1 atom stereocenters. The first-order valence-corrected chi connectivity index (χ1v) is 4.31. The maximum absolute atomic E-state index is 8.65. The molecule has 4 heteroatoms. The van der Waals surface area contributed by atoms with E-state index in [0.29, 0.717) is 26.4 Å². The maximum atomic E-state index is 8.65. The molecule has 0 radical (unpaired) electrons. The van der Waals surface area contributed by atoms with Gasteiger partial charge in [-0.05, 0) is 7.05 Å². The van der Waals surface area contributed by atoms with Crippen LogP contribution in [-0.2, 0) is 9.47 Å². The first kappa shape index (κ1) is 9.92. The van der Waals surface area contributed by atoms with Gasteiger partial charge in [-0.1, -0.05) is 0 Å². The van der Waals surface area contributed by atoms with E-state index >= 15 is 0 Å². The van der Waals surface area contributed by atoms with Crippen molar-refractivity contribution in [2.75, 3.05) is 46.6 Å². The molecule has 0 aliphatic carbocycles. The van der Waals surface area contributed by atoms with Gasteiger partial charge >= 0.3 is 0 Å². The molecule has 12 heavy (non-hydrogen) atoms. The maximum Gasteiger partial charge on any atom is 0.0936 e. The van der Waals surface area contributed by atoms with E-state index in [1.165, 1.54) is 0 Å². The van der Waals surface area contributed by atoms with Gasteiger partial charge in [-0.2, -0.15) is 0 Å². The molecule has 1 aliphatic heterocycles. The van der Waals surface area contributed by atoms with Gasteiger partial charge < -0.3 is 19.5 Å². The Bertz CT molecular complexity index is 115. The van der Waals surface area contributed by atoms with Gasteiger partial charge in [-0.25, -0.2) is 0 Å². The fourth-order valence-electron chi connectivity index (χ4n) is 1.25. The van der Waals surface area contributed by atoms with Crippen LogP contribution in [0, 0.1) is 0 Å². The molecule has 1 unspecified atom stereocenters. The molecule has 1 heterocycles. The van der Waals surface area contributed by atoms with Crippen LogP contribution in [0.1, 0.15) is 0 Å². The number of rotatable bonds is 4. The highest BCUT2D eigenvalue weighted by Crippen LogP contribution is 2.01. The van der Waals surface area contributed by atoms with E-state index in [0.717, 1.165) is 6.54 Å². The first-order valence-electron chi connectivity index (χ1n) is 4.31. The molecule has 0 amide bonds. The van der Waals surface area contributed by atoms with Gasteiger partial charge in [0.25, 0.3) is 0 Å². The molecule has 1 saturated heterocycles. The molecule has 1 rings (SSSR count). The van der Waals surface area contributed by atoms with Crippen LogP contribution < -0.4 is 0 Å². The van der Waals surface area contributed by atoms with E-state index in [1.54, 1.807) is 0 Å². The summed E-state index contributed by atoms with van der Waals surface area (Å²) in [6.45, 7) is 3.80. The van der Waals surface area contributed by atoms with Crippen molar-refractivity contribution >= 4 is 0 Å². The zero-order valence-corrected chi connectivity index (χ0v) is 7.53. The molecule has 0 aromatic heterocycles. The lowest BCUT2D eigenvalue weighted by Gasteiger charge is -2.26. The third-order valence-corrected chi connectivity index (χ3v) is 1.88. The largest absolute Gasteiger partial charge is 0.395 e. The molecule has 1 fully saturated rings. The van der Waals surface area contributed by atoms with Crippen molar-refractivity contribution in [3.63, 3.8) is 0 Å². The molecule has 1 aliphatic rings. The number of aliphatic hydroxyl groups excluding tert-OH is 1. The number of hydrogen-bond donors (Lipinski definition) is 1.